The lowest BCUT2D eigenvalue weighted by atomic mass is 9.47. The summed E-state index contributed by atoms with van der Waals surface area (Å²) in [6.07, 6.45) is 9.86. The highest BCUT2D eigenvalue weighted by atomic mass is 16.7. The summed E-state index contributed by atoms with van der Waals surface area (Å²) in [5, 5.41) is 0. The molecule has 0 aromatic heterocycles. The molecule has 1 heterocycles. The molecule has 0 aromatic rings. The van der Waals surface area contributed by atoms with Gasteiger partial charge in [0.2, 0.25) is 0 Å². The van der Waals surface area contributed by atoms with Crippen molar-refractivity contribution in [3.8, 4) is 0 Å². The maximum Gasteiger partial charge on any atom is 0.178 e. The standard InChI is InChI=1S/C21H26O4/c1-19-7-5-14(22)11-13(19)3-4-15-16-6-8-21(24-9-10-25-21)20(16,2)12-17(23)18(15)19/h5,7,11,15-16,18H,3-4,6,8-10,12H2,1-2H3. The highest BCUT2D eigenvalue weighted by Crippen LogP contribution is 2.67. The smallest absolute Gasteiger partial charge is 0.178 e. The number of hydrogen-bond donors (Lipinski definition) is 0. The lowest BCUT2D eigenvalue weighted by molar-refractivity contribution is -0.238. The number of carbonyl (C=O) groups is 2. The van der Waals surface area contributed by atoms with Gasteiger partial charge in [-0.15, -0.1) is 0 Å². The number of carbonyl (C=O) groups excluding carboxylic acids is 2. The molecule has 0 amide bonds. The van der Waals surface area contributed by atoms with Crippen molar-refractivity contribution in [1.82, 2.24) is 0 Å². The maximum atomic E-state index is 13.4. The molecule has 3 saturated carbocycles. The Labute approximate surface area is 148 Å². The van der Waals surface area contributed by atoms with Gasteiger partial charge in [0.1, 0.15) is 5.78 Å². The van der Waals surface area contributed by atoms with Crippen LogP contribution in [0.1, 0.15) is 46.0 Å². The van der Waals surface area contributed by atoms with Crippen LogP contribution in [0, 0.1) is 28.6 Å². The molecule has 0 aromatic carbocycles. The second-order valence-electron chi connectivity index (χ2n) is 9.02. The molecule has 4 heteroatoms. The summed E-state index contributed by atoms with van der Waals surface area (Å²) in [4.78, 5) is 25.2. The van der Waals surface area contributed by atoms with Crippen molar-refractivity contribution in [2.24, 2.45) is 28.6 Å². The third kappa shape index (κ3) is 1.85. The summed E-state index contributed by atoms with van der Waals surface area (Å²) in [6.45, 7) is 5.66. The summed E-state index contributed by atoms with van der Waals surface area (Å²) in [5.74, 6) is 0.652. The van der Waals surface area contributed by atoms with E-state index in [1.807, 2.05) is 6.08 Å². The Morgan fingerprint density at radius 2 is 1.88 bits per heavy atom. The van der Waals surface area contributed by atoms with Gasteiger partial charge in [0.25, 0.3) is 0 Å². The van der Waals surface area contributed by atoms with Crippen LogP contribution < -0.4 is 0 Å². The van der Waals surface area contributed by atoms with Crippen molar-refractivity contribution in [1.29, 1.82) is 0 Å². The Bertz CT molecular complexity index is 713. The van der Waals surface area contributed by atoms with E-state index in [0.717, 1.165) is 31.3 Å². The Hall–Kier alpha value is -1.26. The fraction of sp³-hybridized carbons (Fsp3) is 0.714. The lowest BCUT2D eigenvalue weighted by Gasteiger charge is -2.56. The highest BCUT2D eigenvalue weighted by Gasteiger charge is 2.68. The summed E-state index contributed by atoms with van der Waals surface area (Å²) in [7, 11) is 0. The predicted molar refractivity (Wildman–Crippen MR) is 91.6 cm³/mol. The molecule has 0 bridgehead atoms. The third-order valence-electron chi connectivity index (χ3n) is 8.06. The zero-order chi connectivity index (χ0) is 17.4. The zero-order valence-corrected chi connectivity index (χ0v) is 15.0. The van der Waals surface area contributed by atoms with E-state index in [1.165, 1.54) is 0 Å². The van der Waals surface area contributed by atoms with E-state index in [1.54, 1.807) is 12.2 Å². The summed E-state index contributed by atoms with van der Waals surface area (Å²) >= 11 is 0. The molecule has 5 atom stereocenters. The maximum absolute atomic E-state index is 13.4. The average molecular weight is 342 g/mol. The molecule has 25 heavy (non-hydrogen) atoms. The SMILES string of the molecule is CC12C=CC(=O)C=C1CCC1C2C(=O)CC2(C)C1CCC21OCCO1. The number of rotatable bonds is 0. The van der Waals surface area contributed by atoms with E-state index in [2.05, 4.69) is 13.8 Å². The van der Waals surface area contributed by atoms with E-state index in [4.69, 9.17) is 9.47 Å². The normalized spacial score (nSPS) is 47.4. The molecule has 134 valence electrons. The quantitative estimate of drug-likeness (QED) is 0.678. The Morgan fingerprint density at radius 1 is 1.12 bits per heavy atom. The molecular formula is C21H26O4. The van der Waals surface area contributed by atoms with Crippen molar-refractivity contribution in [2.75, 3.05) is 13.2 Å². The van der Waals surface area contributed by atoms with E-state index < -0.39 is 5.79 Å². The second kappa shape index (κ2) is 4.92. The molecule has 0 N–H and O–H groups in total. The van der Waals surface area contributed by atoms with Gasteiger partial charge in [-0.3, -0.25) is 9.59 Å². The van der Waals surface area contributed by atoms with Crippen LogP contribution >= 0.6 is 0 Å². The van der Waals surface area contributed by atoms with Gasteiger partial charge < -0.3 is 9.47 Å². The lowest BCUT2D eigenvalue weighted by Crippen LogP contribution is -2.58. The minimum absolute atomic E-state index is 0.00789. The number of Topliss-reactive ketones (excluding diaryl/α,β-unsaturated/α-hetero) is 1. The van der Waals surface area contributed by atoms with Gasteiger partial charge >= 0.3 is 0 Å². The minimum Gasteiger partial charge on any atom is -0.347 e. The number of allylic oxidation sites excluding steroid dienone is 4. The summed E-state index contributed by atoms with van der Waals surface area (Å²) < 4.78 is 12.2. The van der Waals surface area contributed by atoms with E-state index in [-0.39, 0.29) is 22.5 Å². The van der Waals surface area contributed by atoms with Crippen LogP contribution in [0.3, 0.4) is 0 Å². The van der Waals surface area contributed by atoms with Crippen LogP contribution in [0.2, 0.25) is 0 Å². The molecule has 5 rings (SSSR count). The highest BCUT2D eigenvalue weighted by molar-refractivity contribution is 6.01. The van der Waals surface area contributed by atoms with Crippen LogP contribution in [0.15, 0.2) is 23.8 Å². The van der Waals surface area contributed by atoms with Gasteiger partial charge in [-0.2, -0.15) is 0 Å². The fourth-order valence-electron chi connectivity index (χ4n) is 6.91. The average Bonchev–Trinajstić information content (AvgIpc) is 3.15. The van der Waals surface area contributed by atoms with Crippen LogP contribution in [-0.4, -0.2) is 30.6 Å². The van der Waals surface area contributed by atoms with Gasteiger partial charge in [-0.25, -0.2) is 0 Å². The molecule has 4 aliphatic carbocycles. The summed E-state index contributed by atoms with van der Waals surface area (Å²) in [6, 6.07) is 0. The van der Waals surface area contributed by atoms with Gasteiger partial charge in [0, 0.05) is 29.6 Å². The molecule has 1 aliphatic heterocycles. The summed E-state index contributed by atoms with van der Waals surface area (Å²) in [5.41, 5.74) is 0.648. The van der Waals surface area contributed by atoms with Gasteiger partial charge in [0.15, 0.2) is 11.6 Å². The minimum atomic E-state index is -0.548. The molecule has 4 nitrogen and oxygen atoms in total. The first-order valence-corrected chi connectivity index (χ1v) is 9.65. The molecule has 4 fully saturated rings. The first-order chi connectivity index (χ1) is 11.9. The molecule has 1 saturated heterocycles. The monoisotopic (exact) mass is 342 g/mol. The second-order valence-corrected chi connectivity index (χ2v) is 9.02. The van der Waals surface area contributed by atoms with Crippen molar-refractivity contribution >= 4 is 11.6 Å². The van der Waals surface area contributed by atoms with Crippen LogP contribution in [0.5, 0.6) is 0 Å². The molecular weight excluding hydrogens is 316 g/mol. The van der Waals surface area contributed by atoms with Crippen LogP contribution in [-0.2, 0) is 19.1 Å². The van der Waals surface area contributed by atoms with Crippen molar-refractivity contribution < 1.29 is 19.1 Å². The predicted octanol–water partition coefficient (Wildman–Crippen LogP) is 3.22. The van der Waals surface area contributed by atoms with Crippen molar-refractivity contribution in [3.63, 3.8) is 0 Å². The Kier molecular flexibility index (Phi) is 3.14. The van der Waals surface area contributed by atoms with Crippen molar-refractivity contribution in [3.05, 3.63) is 23.8 Å². The van der Waals surface area contributed by atoms with E-state index in [9.17, 15) is 9.59 Å². The number of ether oxygens (including phenoxy) is 2. The van der Waals surface area contributed by atoms with E-state index >= 15 is 0 Å². The first-order valence-electron chi connectivity index (χ1n) is 9.65. The third-order valence-corrected chi connectivity index (χ3v) is 8.06. The van der Waals surface area contributed by atoms with Crippen LogP contribution in [0.25, 0.3) is 0 Å². The van der Waals surface area contributed by atoms with Gasteiger partial charge in [0.05, 0.1) is 13.2 Å². The first kappa shape index (κ1) is 16.0. The van der Waals surface area contributed by atoms with E-state index in [0.29, 0.717) is 37.3 Å². The topological polar surface area (TPSA) is 52.6 Å². The Balaban J connectivity index is 1.56. The van der Waals surface area contributed by atoms with Crippen LogP contribution in [0.4, 0.5) is 0 Å². The number of ketones is 2. The molecule has 5 unspecified atom stereocenters. The van der Waals surface area contributed by atoms with Gasteiger partial charge in [-0.05, 0) is 43.3 Å². The molecule has 0 radical (unpaired) electrons. The number of fused-ring (bicyclic) bond motifs is 6. The zero-order valence-electron chi connectivity index (χ0n) is 15.0. The largest absolute Gasteiger partial charge is 0.347 e. The number of hydrogen-bond acceptors (Lipinski definition) is 4. The molecule has 5 aliphatic rings. The Morgan fingerprint density at radius 3 is 2.64 bits per heavy atom. The fourth-order valence-corrected chi connectivity index (χ4v) is 6.91. The molecule has 1 spiro atoms. The van der Waals surface area contributed by atoms with Gasteiger partial charge in [-0.1, -0.05) is 25.5 Å². The van der Waals surface area contributed by atoms with Crippen molar-refractivity contribution in [2.45, 2.75) is 51.7 Å².